The Morgan fingerprint density at radius 3 is 2.68 bits per heavy atom. The van der Waals surface area contributed by atoms with E-state index in [1.807, 2.05) is 13.0 Å². The van der Waals surface area contributed by atoms with Gasteiger partial charge in [-0.3, -0.25) is 4.79 Å². The highest BCUT2D eigenvalue weighted by Gasteiger charge is 2.30. The predicted molar refractivity (Wildman–Crippen MR) is 114 cm³/mol. The van der Waals surface area contributed by atoms with Crippen LogP contribution < -0.4 is 16.4 Å². The smallest absolute Gasteiger partial charge is 0.360 e. The standard InChI is InChI=1S/C21H20F3N5OS/c1-11(12-2-4-15(5-3-12)21(22,23)24)16(25)9-27-20-28-10-17(31-20)14-6-13-7-18(30)29-19(13)26-8-14/h2-6,8,10-11,16H,7,9,25H2,1H3,(H,27,28)(H,26,29,30)/t11-,16-/m0/s1. The molecule has 31 heavy (non-hydrogen) atoms. The summed E-state index contributed by atoms with van der Waals surface area (Å²) in [7, 11) is 0. The average molecular weight is 447 g/mol. The largest absolute Gasteiger partial charge is 0.416 e. The number of benzene rings is 1. The van der Waals surface area contributed by atoms with Gasteiger partial charge >= 0.3 is 6.18 Å². The molecule has 1 amide bonds. The number of aromatic nitrogens is 2. The number of thiazole rings is 1. The van der Waals surface area contributed by atoms with Crippen molar-refractivity contribution in [2.24, 2.45) is 5.73 Å². The summed E-state index contributed by atoms with van der Waals surface area (Å²) in [6.07, 6.45) is -0.614. The van der Waals surface area contributed by atoms with E-state index in [0.717, 1.165) is 33.7 Å². The number of anilines is 2. The number of hydrogen-bond donors (Lipinski definition) is 3. The minimum Gasteiger partial charge on any atom is -0.360 e. The Labute approximate surface area is 180 Å². The number of nitrogens with one attached hydrogen (secondary N) is 2. The molecule has 1 aliphatic heterocycles. The van der Waals surface area contributed by atoms with Gasteiger partial charge in [0, 0.05) is 36.1 Å². The zero-order valence-corrected chi connectivity index (χ0v) is 17.3. The second kappa shape index (κ2) is 8.27. The van der Waals surface area contributed by atoms with E-state index in [4.69, 9.17) is 5.73 Å². The van der Waals surface area contributed by atoms with Crippen molar-refractivity contribution in [1.82, 2.24) is 9.97 Å². The summed E-state index contributed by atoms with van der Waals surface area (Å²) in [5.41, 5.74) is 8.06. The lowest BCUT2D eigenvalue weighted by molar-refractivity contribution is -0.137. The van der Waals surface area contributed by atoms with Crippen LogP contribution in [0.3, 0.4) is 0 Å². The van der Waals surface area contributed by atoms with E-state index in [-0.39, 0.29) is 17.9 Å². The van der Waals surface area contributed by atoms with Crippen molar-refractivity contribution in [3.8, 4) is 10.4 Å². The third-order valence-corrected chi connectivity index (χ3v) is 6.26. The molecule has 0 bridgehead atoms. The Kier molecular flexibility index (Phi) is 5.67. The zero-order valence-electron chi connectivity index (χ0n) is 16.5. The van der Waals surface area contributed by atoms with Crippen molar-refractivity contribution in [3.63, 3.8) is 0 Å². The van der Waals surface area contributed by atoms with Crippen molar-refractivity contribution in [2.75, 3.05) is 17.2 Å². The van der Waals surface area contributed by atoms with Crippen molar-refractivity contribution >= 4 is 28.2 Å². The first kappa shape index (κ1) is 21.3. The van der Waals surface area contributed by atoms with E-state index in [1.165, 1.54) is 23.5 Å². The first-order valence-electron chi connectivity index (χ1n) is 9.62. The average Bonchev–Trinajstić information content (AvgIpc) is 3.35. The first-order chi connectivity index (χ1) is 14.7. The summed E-state index contributed by atoms with van der Waals surface area (Å²) in [4.78, 5) is 21.0. The van der Waals surface area contributed by atoms with Gasteiger partial charge < -0.3 is 16.4 Å². The molecular weight excluding hydrogens is 427 g/mol. The Bertz CT molecular complexity index is 1100. The molecule has 1 aliphatic rings. The topological polar surface area (TPSA) is 92.9 Å². The maximum Gasteiger partial charge on any atom is 0.416 e. The maximum absolute atomic E-state index is 12.7. The van der Waals surface area contributed by atoms with Crippen LogP contribution in [0.5, 0.6) is 0 Å². The molecule has 2 aromatic heterocycles. The van der Waals surface area contributed by atoms with Crippen molar-refractivity contribution < 1.29 is 18.0 Å². The second-order valence-corrected chi connectivity index (χ2v) is 8.47. The van der Waals surface area contributed by atoms with E-state index < -0.39 is 11.7 Å². The van der Waals surface area contributed by atoms with Gasteiger partial charge in [-0.05, 0) is 29.7 Å². The van der Waals surface area contributed by atoms with E-state index in [0.29, 0.717) is 23.9 Å². The van der Waals surface area contributed by atoms with E-state index in [2.05, 4.69) is 20.6 Å². The van der Waals surface area contributed by atoms with Crippen LogP contribution in [0, 0.1) is 0 Å². The molecule has 10 heteroatoms. The SMILES string of the molecule is C[C@@H](c1ccc(C(F)(F)F)cc1)[C@@H](N)CNc1ncc(-c2cnc3c(c2)CC(=O)N3)s1. The number of amides is 1. The van der Waals surface area contributed by atoms with Crippen LogP contribution in [0.2, 0.25) is 0 Å². The van der Waals surface area contributed by atoms with E-state index in [9.17, 15) is 18.0 Å². The van der Waals surface area contributed by atoms with Crippen LogP contribution in [0.15, 0.2) is 42.7 Å². The van der Waals surface area contributed by atoms with E-state index >= 15 is 0 Å². The van der Waals surface area contributed by atoms with Crippen LogP contribution in [0.1, 0.15) is 29.5 Å². The molecular formula is C21H20F3N5OS. The monoisotopic (exact) mass is 447 g/mol. The number of alkyl halides is 3. The van der Waals surface area contributed by atoms with Crippen LogP contribution in [-0.2, 0) is 17.4 Å². The maximum atomic E-state index is 12.7. The fraction of sp³-hybridized carbons (Fsp3) is 0.286. The van der Waals surface area contributed by atoms with Crippen molar-refractivity contribution in [3.05, 3.63) is 59.4 Å². The fourth-order valence-corrected chi connectivity index (χ4v) is 4.14. The summed E-state index contributed by atoms with van der Waals surface area (Å²) in [6, 6.07) is 6.70. The number of pyridine rings is 1. The summed E-state index contributed by atoms with van der Waals surface area (Å²) in [6.45, 7) is 2.30. The van der Waals surface area contributed by atoms with Gasteiger partial charge in [0.15, 0.2) is 5.13 Å². The molecule has 0 saturated heterocycles. The highest BCUT2D eigenvalue weighted by molar-refractivity contribution is 7.18. The fourth-order valence-electron chi connectivity index (χ4n) is 3.34. The Balaban J connectivity index is 1.37. The molecule has 2 atom stereocenters. The molecule has 0 fully saturated rings. The van der Waals surface area contributed by atoms with Gasteiger partial charge in [-0.1, -0.05) is 30.4 Å². The third kappa shape index (κ3) is 4.70. The number of hydrogen-bond acceptors (Lipinski definition) is 6. The molecule has 3 heterocycles. The number of nitrogens with zero attached hydrogens (tertiary/aromatic N) is 2. The lowest BCUT2D eigenvalue weighted by Crippen LogP contribution is -2.34. The minimum absolute atomic E-state index is 0.0672. The quantitative estimate of drug-likeness (QED) is 0.525. The molecule has 0 unspecified atom stereocenters. The van der Waals surface area contributed by atoms with Gasteiger partial charge in [0.05, 0.1) is 16.9 Å². The lowest BCUT2D eigenvalue weighted by Gasteiger charge is -2.21. The number of carbonyl (C=O) groups is 1. The molecule has 4 N–H and O–H groups in total. The van der Waals surface area contributed by atoms with Gasteiger partial charge in [0.1, 0.15) is 5.82 Å². The van der Waals surface area contributed by atoms with Crippen LogP contribution >= 0.6 is 11.3 Å². The highest BCUT2D eigenvalue weighted by Crippen LogP contribution is 2.33. The second-order valence-electron chi connectivity index (χ2n) is 7.44. The molecule has 0 aliphatic carbocycles. The summed E-state index contributed by atoms with van der Waals surface area (Å²) in [5.74, 6) is 0.391. The van der Waals surface area contributed by atoms with Gasteiger partial charge in [0.25, 0.3) is 0 Å². The van der Waals surface area contributed by atoms with Crippen molar-refractivity contribution in [2.45, 2.75) is 31.5 Å². The molecule has 162 valence electrons. The lowest BCUT2D eigenvalue weighted by atomic mass is 9.93. The predicted octanol–water partition coefficient (Wildman–Crippen LogP) is 4.26. The molecule has 0 spiro atoms. The summed E-state index contributed by atoms with van der Waals surface area (Å²) >= 11 is 1.44. The molecule has 6 nitrogen and oxygen atoms in total. The molecule has 0 radical (unpaired) electrons. The summed E-state index contributed by atoms with van der Waals surface area (Å²) < 4.78 is 38.2. The molecule has 4 rings (SSSR count). The van der Waals surface area contributed by atoms with Gasteiger partial charge in [-0.25, -0.2) is 9.97 Å². The third-order valence-electron chi connectivity index (χ3n) is 5.26. The number of halogens is 3. The Morgan fingerprint density at radius 2 is 1.97 bits per heavy atom. The van der Waals surface area contributed by atoms with Gasteiger partial charge in [-0.2, -0.15) is 13.2 Å². The van der Waals surface area contributed by atoms with Gasteiger partial charge in [-0.15, -0.1) is 0 Å². The Morgan fingerprint density at radius 1 is 1.23 bits per heavy atom. The van der Waals surface area contributed by atoms with Crippen LogP contribution in [-0.4, -0.2) is 28.5 Å². The van der Waals surface area contributed by atoms with Gasteiger partial charge in [0.2, 0.25) is 5.91 Å². The highest BCUT2D eigenvalue weighted by atomic mass is 32.1. The number of rotatable bonds is 6. The zero-order chi connectivity index (χ0) is 22.2. The number of nitrogens with two attached hydrogens (primary N) is 1. The summed E-state index contributed by atoms with van der Waals surface area (Å²) in [5, 5.41) is 6.58. The van der Waals surface area contributed by atoms with Crippen LogP contribution in [0.25, 0.3) is 10.4 Å². The number of fused-ring (bicyclic) bond motifs is 1. The first-order valence-corrected chi connectivity index (χ1v) is 10.4. The van der Waals surface area contributed by atoms with Crippen LogP contribution in [0.4, 0.5) is 24.1 Å². The van der Waals surface area contributed by atoms with Crippen molar-refractivity contribution in [1.29, 1.82) is 0 Å². The molecule has 0 saturated carbocycles. The Hall–Kier alpha value is -2.98. The van der Waals surface area contributed by atoms with E-state index in [1.54, 1.807) is 12.4 Å². The number of carbonyl (C=O) groups excluding carboxylic acids is 1. The normalized spacial score (nSPS) is 15.3. The molecule has 3 aromatic rings. The minimum atomic E-state index is -4.35. The molecule has 1 aromatic carbocycles.